The Bertz CT molecular complexity index is 987. The molecular weight excluding hydrogens is 347 g/mol. The number of nitrogens with one attached hydrogen (secondary N) is 1. The summed E-state index contributed by atoms with van der Waals surface area (Å²) < 4.78 is 24.2. The molecule has 0 saturated carbocycles. The largest absolute Gasteiger partial charge is 0.497 e. The highest BCUT2D eigenvalue weighted by Gasteiger charge is 2.17. The molecule has 0 bridgehead atoms. The monoisotopic (exact) mass is 368 g/mol. The lowest BCUT2D eigenvalue weighted by molar-refractivity contribution is 0.0935. The van der Waals surface area contributed by atoms with Crippen molar-refractivity contribution in [1.82, 2.24) is 10.3 Å². The quantitative estimate of drug-likeness (QED) is 0.734. The maximum Gasteiger partial charge on any atom is 0.270 e. The number of aryl methyl sites for hydroxylation is 1. The van der Waals surface area contributed by atoms with E-state index in [1.807, 2.05) is 31.2 Å². The van der Waals surface area contributed by atoms with E-state index in [1.54, 1.807) is 14.0 Å². The van der Waals surface area contributed by atoms with Crippen LogP contribution in [0.3, 0.4) is 0 Å². The smallest absolute Gasteiger partial charge is 0.270 e. The van der Waals surface area contributed by atoms with Crippen LogP contribution in [0.4, 0.5) is 4.39 Å². The number of aromatic nitrogens is 1. The Balaban J connectivity index is 1.90. The second kappa shape index (κ2) is 7.61. The molecule has 0 unspecified atom stereocenters. The SMILES string of the molecule is COc1ccc([C@H](C)NC(=O)c2cc(OC)c3cc(F)cc(C)c3n2)cc1. The van der Waals surface area contributed by atoms with E-state index < -0.39 is 0 Å². The molecule has 0 aliphatic carbocycles. The van der Waals surface area contributed by atoms with E-state index in [2.05, 4.69) is 10.3 Å². The molecule has 3 rings (SSSR count). The topological polar surface area (TPSA) is 60.5 Å². The fourth-order valence-corrected chi connectivity index (χ4v) is 2.96. The number of rotatable bonds is 5. The van der Waals surface area contributed by atoms with E-state index >= 15 is 0 Å². The van der Waals surface area contributed by atoms with Gasteiger partial charge in [0.1, 0.15) is 23.0 Å². The first kappa shape index (κ1) is 18.6. The van der Waals surface area contributed by atoms with Crippen LogP contribution >= 0.6 is 0 Å². The number of methoxy groups -OCH3 is 2. The number of hydrogen-bond acceptors (Lipinski definition) is 4. The molecule has 2 aromatic carbocycles. The molecule has 0 saturated heterocycles. The zero-order valence-corrected chi connectivity index (χ0v) is 15.7. The summed E-state index contributed by atoms with van der Waals surface area (Å²) in [5, 5.41) is 3.46. The number of carbonyl (C=O) groups excluding carboxylic acids is 1. The average Bonchev–Trinajstić information content (AvgIpc) is 2.67. The van der Waals surface area contributed by atoms with Gasteiger partial charge in [-0.2, -0.15) is 0 Å². The number of nitrogens with zero attached hydrogens (tertiary/aromatic N) is 1. The standard InChI is InChI=1S/C21H21FN2O3/c1-12-9-15(22)10-17-19(27-4)11-18(24-20(12)17)21(25)23-13(2)14-5-7-16(26-3)8-6-14/h5-11,13H,1-4H3,(H,23,25)/t13-/m0/s1. The van der Waals surface area contributed by atoms with Crippen molar-refractivity contribution in [2.24, 2.45) is 0 Å². The van der Waals surface area contributed by atoms with Gasteiger partial charge in [-0.1, -0.05) is 12.1 Å². The molecule has 1 heterocycles. The van der Waals surface area contributed by atoms with Gasteiger partial charge in [0.2, 0.25) is 0 Å². The molecule has 1 atom stereocenters. The Labute approximate surface area is 157 Å². The summed E-state index contributed by atoms with van der Waals surface area (Å²) in [4.78, 5) is 17.1. The fourth-order valence-electron chi connectivity index (χ4n) is 2.96. The molecular formula is C21H21FN2O3. The normalized spacial score (nSPS) is 11.9. The van der Waals surface area contributed by atoms with Crippen LogP contribution in [0, 0.1) is 12.7 Å². The lowest BCUT2D eigenvalue weighted by atomic mass is 10.1. The second-order valence-corrected chi connectivity index (χ2v) is 6.30. The van der Waals surface area contributed by atoms with E-state index in [1.165, 1.54) is 25.3 Å². The first-order valence-electron chi connectivity index (χ1n) is 8.52. The fraction of sp³-hybridized carbons (Fsp3) is 0.238. The van der Waals surface area contributed by atoms with Crippen LogP contribution in [-0.2, 0) is 0 Å². The molecule has 5 nitrogen and oxygen atoms in total. The predicted molar refractivity (Wildman–Crippen MR) is 102 cm³/mol. The highest BCUT2D eigenvalue weighted by Crippen LogP contribution is 2.29. The average molecular weight is 368 g/mol. The Morgan fingerprint density at radius 1 is 1.11 bits per heavy atom. The van der Waals surface area contributed by atoms with Gasteiger partial charge in [-0.3, -0.25) is 4.79 Å². The number of pyridine rings is 1. The lowest BCUT2D eigenvalue weighted by Crippen LogP contribution is -2.27. The second-order valence-electron chi connectivity index (χ2n) is 6.30. The van der Waals surface area contributed by atoms with E-state index in [0.29, 0.717) is 22.2 Å². The van der Waals surface area contributed by atoms with Gasteiger partial charge in [-0.05, 0) is 49.2 Å². The summed E-state index contributed by atoms with van der Waals surface area (Å²) >= 11 is 0. The highest BCUT2D eigenvalue weighted by molar-refractivity contribution is 5.98. The molecule has 1 amide bonds. The van der Waals surface area contributed by atoms with Crippen LogP contribution in [0.5, 0.6) is 11.5 Å². The maximum absolute atomic E-state index is 13.7. The number of carbonyl (C=O) groups is 1. The summed E-state index contributed by atoms with van der Waals surface area (Å²) in [6.07, 6.45) is 0. The summed E-state index contributed by atoms with van der Waals surface area (Å²) in [5.41, 5.74) is 2.34. The van der Waals surface area contributed by atoms with Gasteiger partial charge in [0.15, 0.2) is 0 Å². The van der Waals surface area contributed by atoms with Gasteiger partial charge in [0.25, 0.3) is 5.91 Å². The van der Waals surface area contributed by atoms with Crippen molar-refractivity contribution in [3.63, 3.8) is 0 Å². The Kier molecular flexibility index (Phi) is 5.26. The molecule has 0 aliphatic heterocycles. The summed E-state index contributed by atoms with van der Waals surface area (Å²) in [6, 6.07) is 11.5. The molecule has 3 aromatic rings. The maximum atomic E-state index is 13.7. The van der Waals surface area contributed by atoms with E-state index in [4.69, 9.17) is 9.47 Å². The third-order valence-corrected chi connectivity index (χ3v) is 4.45. The van der Waals surface area contributed by atoms with Crippen molar-refractivity contribution in [3.05, 3.63) is 65.1 Å². The molecule has 0 fully saturated rings. The van der Waals surface area contributed by atoms with Crippen molar-refractivity contribution in [3.8, 4) is 11.5 Å². The lowest BCUT2D eigenvalue weighted by Gasteiger charge is -2.16. The first-order chi connectivity index (χ1) is 12.9. The van der Waals surface area contributed by atoms with E-state index in [-0.39, 0.29) is 23.5 Å². The number of halogens is 1. The van der Waals surface area contributed by atoms with Crippen LogP contribution in [-0.4, -0.2) is 25.1 Å². The molecule has 6 heteroatoms. The van der Waals surface area contributed by atoms with Gasteiger partial charge in [-0.15, -0.1) is 0 Å². The van der Waals surface area contributed by atoms with E-state index in [9.17, 15) is 9.18 Å². The third-order valence-electron chi connectivity index (χ3n) is 4.45. The number of hydrogen-bond donors (Lipinski definition) is 1. The molecule has 27 heavy (non-hydrogen) atoms. The summed E-state index contributed by atoms with van der Waals surface area (Å²) in [6.45, 7) is 3.64. The minimum absolute atomic E-state index is 0.217. The predicted octanol–water partition coefficient (Wildman–Crippen LogP) is 4.19. The minimum Gasteiger partial charge on any atom is -0.497 e. The number of ether oxygens (including phenoxy) is 2. The summed E-state index contributed by atoms with van der Waals surface area (Å²) in [5.74, 6) is 0.457. The minimum atomic E-state index is -0.370. The molecule has 140 valence electrons. The van der Waals surface area contributed by atoms with Gasteiger partial charge >= 0.3 is 0 Å². The highest BCUT2D eigenvalue weighted by atomic mass is 19.1. The van der Waals surface area contributed by atoms with Crippen LogP contribution in [0.1, 0.15) is 34.6 Å². The zero-order chi connectivity index (χ0) is 19.6. The number of fused-ring (bicyclic) bond motifs is 1. The van der Waals surface area contributed by atoms with Crippen molar-refractivity contribution >= 4 is 16.8 Å². The Hall–Kier alpha value is -3.15. The van der Waals surface area contributed by atoms with Crippen LogP contribution in [0.15, 0.2) is 42.5 Å². The molecule has 0 radical (unpaired) electrons. The van der Waals surface area contributed by atoms with Gasteiger partial charge < -0.3 is 14.8 Å². The third kappa shape index (κ3) is 3.84. The molecule has 0 spiro atoms. The van der Waals surface area contributed by atoms with Gasteiger partial charge in [-0.25, -0.2) is 9.37 Å². The van der Waals surface area contributed by atoms with E-state index in [0.717, 1.165) is 11.3 Å². The molecule has 1 aromatic heterocycles. The molecule has 1 N–H and O–H groups in total. The van der Waals surface area contributed by atoms with Gasteiger partial charge in [0, 0.05) is 11.5 Å². The van der Waals surface area contributed by atoms with Crippen LogP contribution in [0.2, 0.25) is 0 Å². The Morgan fingerprint density at radius 2 is 1.81 bits per heavy atom. The van der Waals surface area contributed by atoms with Crippen molar-refractivity contribution < 1.29 is 18.7 Å². The van der Waals surface area contributed by atoms with Crippen LogP contribution in [0.25, 0.3) is 10.9 Å². The van der Waals surface area contributed by atoms with Crippen LogP contribution < -0.4 is 14.8 Å². The van der Waals surface area contributed by atoms with Crippen molar-refractivity contribution in [2.75, 3.05) is 14.2 Å². The van der Waals surface area contributed by atoms with Gasteiger partial charge in [0.05, 0.1) is 25.8 Å². The zero-order valence-electron chi connectivity index (χ0n) is 15.7. The number of amides is 1. The number of benzene rings is 2. The van der Waals surface area contributed by atoms with Crippen molar-refractivity contribution in [1.29, 1.82) is 0 Å². The Morgan fingerprint density at radius 3 is 2.44 bits per heavy atom. The summed E-state index contributed by atoms with van der Waals surface area (Å²) in [7, 11) is 3.09. The molecule has 0 aliphatic rings. The first-order valence-corrected chi connectivity index (χ1v) is 8.52. The van der Waals surface area contributed by atoms with Crippen molar-refractivity contribution in [2.45, 2.75) is 19.9 Å².